The maximum absolute atomic E-state index is 9.87. The van der Waals surface area contributed by atoms with E-state index in [0.717, 1.165) is 5.69 Å². The Morgan fingerprint density at radius 1 is 1.32 bits per heavy atom. The third-order valence-corrected chi connectivity index (χ3v) is 4.72. The average Bonchev–Trinajstić information content (AvgIpc) is 2.62. The third kappa shape index (κ3) is 3.67. The van der Waals surface area contributed by atoms with Gasteiger partial charge in [-0.05, 0) is 6.42 Å². The SMILES string of the molecule is CC1(C)C(Nc2nc(NCCc3cnccn3)ncc2C#N)C[C@@H]1O. The fourth-order valence-corrected chi connectivity index (χ4v) is 2.73. The van der Waals surface area contributed by atoms with Crippen molar-refractivity contribution in [1.29, 1.82) is 5.26 Å². The van der Waals surface area contributed by atoms with Crippen molar-refractivity contribution >= 4 is 11.8 Å². The highest BCUT2D eigenvalue weighted by Gasteiger charge is 2.47. The zero-order valence-electron chi connectivity index (χ0n) is 14.3. The van der Waals surface area contributed by atoms with Crippen molar-refractivity contribution in [2.24, 2.45) is 5.41 Å². The number of hydrogen-bond donors (Lipinski definition) is 3. The molecule has 0 bridgehead atoms. The molecule has 0 aromatic carbocycles. The van der Waals surface area contributed by atoms with Crippen molar-refractivity contribution in [3.05, 3.63) is 36.0 Å². The molecule has 1 aliphatic rings. The Morgan fingerprint density at radius 3 is 2.80 bits per heavy atom. The molecule has 2 aromatic rings. The van der Waals surface area contributed by atoms with Crippen LogP contribution in [0, 0.1) is 16.7 Å². The van der Waals surface area contributed by atoms with Crippen molar-refractivity contribution in [1.82, 2.24) is 19.9 Å². The molecule has 8 nitrogen and oxygen atoms in total. The summed E-state index contributed by atoms with van der Waals surface area (Å²) in [5.41, 5.74) is 1.01. The Balaban J connectivity index is 1.65. The first kappa shape index (κ1) is 17.0. The smallest absolute Gasteiger partial charge is 0.224 e. The Labute approximate surface area is 146 Å². The molecule has 1 aliphatic carbocycles. The lowest BCUT2D eigenvalue weighted by Gasteiger charge is -2.49. The molecule has 0 spiro atoms. The number of aromatic nitrogens is 4. The molecule has 25 heavy (non-hydrogen) atoms. The second-order valence-corrected chi connectivity index (χ2v) is 6.71. The van der Waals surface area contributed by atoms with Crippen LogP contribution in [0.15, 0.2) is 24.8 Å². The predicted molar refractivity (Wildman–Crippen MR) is 92.8 cm³/mol. The van der Waals surface area contributed by atoms with Gasteiger partial charge in [0.15, 0.2) is 0 Å². The topological polar surface area (TPSA) is 120 Å². The number of nitriles is 1. The number of hydrogen-bond acceptors (Lipinski definition) is 8. The van der Waals surface area contributed by atoms with E-state index >= 15 is 0 Å². The minimum atomic E-state index is -0.345. The maximum Gasteiger partial charge on any atom is 0.224 e. The maximum atomic E-state index is 9.87. The number of rotatable bonds is 6. The summed E-state index contributed by atoms with van der Waals surface area (Å²) >= 11 is 0. The van der Waals surface area contributed by atoms with E-state index in [4.69, 9.17) is 0 Å². The lowest BCUT2D eigenvalue weighted by Crippen LogP contribution is -2.57. The Morgan fingerprint density at radius 2 is 2.16 bits per heavy atom. The third-order valence-electron chi connectivity index (χ3n) is 4.72. The minimum absolute atomic E-state index is 0.0666. The van der Waals surface area contributed by atoms with E-state index in [1.165, 1.54) is 6.20 Å². The van der Waals surface area contributed by atoms with Gasteiger partial charge in [0, 0.05) is 43.0 Å². The summed E-state index contributed by atoms with van der Waals surface area (Å²) < 4.78 is 0. The summed E-state index contributed by atoms with van der Waals surface area (Å²) in [4.78, 5) is 16.8. The van der Waals surface area contributed by atoms with Gasteiger partial charge in [0.05, 0.1) is 18.0 Å². The van der Waals surface area contributed by atoms with Crippen molar-refractivity contribution < 1.29 is 5.11 Å². The van der Waals surface area contributed by atoms with Crippen LogP contribution in [0.3, 0.4) is 0 Å². The van der Waals surface area contributed by atoms with Crippen LogP contribution in [-0.2, 0) is 6.42 Å². The first-order valence-corrected chi connectivity index (χ1v) is 8.21. The molecule has 8 heteroatoms. The van der Waals surface area contributed by atoms with Gasteiger partial charge in [0.2, 0.25) is 5.95 Å². The summed E-state index contributed by atoms with van der Waals surface area (Å²) in [5.74, 6) is 0.938. The van der Waals surface area contributed by atoms with Gasteiger partial charge in [0.25, 0.3) is 0 Å². The number of anilines is 2. The van der Waals surface area contributed by atoms with Gasteiger partial charge >= 0.3 is 0 Å². The molecule has 3 N–H and O–H groups in total. The van der Waals surface area contributed by atoms with Crippen LogP contribution < -0.4 is 10.6 Å². The van der Waals surface area contributed by atoms with Crippen LogP contribution in [0.2, 0.25) is 0 Å². The Bertz CT molecular complexity index is 772. The molecule has 2 heterocycles. The zero-order chi connectivity index (χ0) is 17.9. The lowest BCUT2D eigenvalue weighted by molar-refractivity contribution is -0.0511. The normalized spacial score (nSPS) is 21.0. The highest BCUT2D eigenvalue weighted by molar-refractivity contribution is 5.54. The zero-order valence-corrected chi connectivity index (χ0v) is 14.3. The predicted octanol–water partition coefficient (Wildman–Crippen LogP) is 1.36. The number of nitrogens with zero attached hydrogens (tertiary/aromatic N) is 5. The minimum Gasteiger partial charge on any atom is -0.392 e. The fraction of sp³-hybridized carbons (Fsp3) is 0.471. The van der Waals surface area contributed by atoms with Gasteiger partial charge in [-0.25, -0.2) is 4.98 Å². The molecule has 130 valence electrons. The molecule has 0 saturated heterocycles. The van der Waals surface area contributed by atoms with E-state index in [1.807, 2.05) is 13.8 Å². The van der Waals surface area contributed by atoms with Crippen LogP contribution in [-0.4, -0.2) is 43.7 Å². The fourth-order valence-electron chi connectivity index (χ4n) is 2.73. The molecule has 2 aromatic heterocycles. The summed E-state index contributed by atoms with van der Waals surface area (Å²) in [7, 11) is 0. The van der Waals surface area contributed by atoms with Gasteiger partial charge in [-0.1, -0.05) is 13.8 Å². The van der Waals surface area contributed by atoms with E-state index < -0.39 is 0 Å². The van der Waals surface area contributed by atoms with Crippen molar-refractivity contribution in [2.45, 2.75) is 38.8 Å². The van der Waals surface area contributed by atoms with Gasteiger partial charge in [-0.2, -0.15) is 10.2 Å². The molecule has 2 atom stereocenters. The quantitative estimate of drug-likeness (QED) is 0.722. The van der Waals surface area contributed by atoms with Gasteiger partial charge in [0.1, 0.15) is 17.5 Å². The molecule has 3 rings (SSSR count). The highest BCUT2D eigenvalue weighted by Crippen LogP contribution is 2.42. The van der Waals surface area contributed by atoms with E-state index in [0.29, 0.717) is 36.7 Å². The van der Waals surface area contributed by atoms with E-state index in [9.17, 15) is 10.4 Å². The molecular weight excluding hydrogens is 318 g/mol. The largest absolute Gasteiger partial charge is 0.392 e. The second kappa shape index (κ2) is 6.99. The van der Waals surface area contributed by atoms with Gasteiger partial charge < -0.3 is 15.7 Å². The summed E-state index contributed by atoms with van der Waals surface area (Å²) in [6, 6.07) is 2.17. The van der Waals surface area contributed by atoms with Crippen LogP contribution in [0.5, 0.6) is 0 Å². The van der Waals surface area contributed by atoms with Gasteiger partial charge in [-0.15, -0.1) is 0 Å². The van der Waals surface area contributed by atoms with Crippen LogP contribution >= 0.6 is 0 Å². The number of aliphatic hydroxyl groups is 1. The number of aliphatic hydroxyl groups excluding tert-OH is 1. The molecule has 0 aliphatic heterocycles. The summed E-state index contributed by atoms with van der Waals surface area (Å²) in [6.45, 7) is 4.59. The van der Waals surface area contributed by atoms with Crippen molar-refractivity contribution in [3.63, 3.8) is 0 Å². The first-order valence-electron chi connectivity index (χ1n) is 8.21. The van der Waals surface area contributed by atoms with Crippen molar-refractivity contribution in [2.75, 3.05) is 17.2 Å². The standard InChI is InChI=1S/C17H21N7O/c1-17(2)13(7-14(17)25)23-15-11(8-18)9-22-16(24-15)21-4-3-12-10-19-5-6-20-12/h5-6,9-10,13-14,25H,3-4,7H2,1-2H3,(H2,21,22,23,24)/t13?,14-/m0/s1. The average molecular weight is 339 g/mol. The van der Waals surface area contributed by atoms with E-state index in [1.54, 1.807) is 18.6 Å². The van der Waals surface area contributed by atoms with Crippen LogP contribution in [0.1, 0.15) is 31.5 Å². The Kier molecular flexibility index (Phi) is 4.76. The molecule has 0 radical (unpaired) electrons. The Hall–Kier alpha value is -2.79. The van der Waals surface area contributed by atoms with E-state index in [2.05, 4.69) is 36.6 Å². The van der Waals surface area contributed by atoms with Crippen LogP contribution in [0.4, 0.5) is 11.8 Å². The monoisotopic (exact) mass is 339 g/mol. The first-order chi connectivity index (χ1) is 12.0. The summed E-state index contributed by atoms with van der Waals surface area (Å²) in [5, 5.41) is 25.5. The van der Waals surface area contributed by atoms with Crippen LogP contribution in [0.25, 0.3) is 0 Å². The molecule has 1 unspecified atom stereocenters. The summed E-state index contributed by atoms with van der Waals surface area (Å²) in [6.07, 6.45) is 7.50. The van der Waals surface area contributed by atoms with E-state index in [-0.39, 0.29) is 17.6 Å². The second-order valence-electron chi connectivity index (χ2n) is 6.71. The lowest BCUT2D eigenvalue weighted by atomic mass is 9.64. The van der Waals surface area contributed by atoms with Gasteiger partial charge in [-0.3, -0.25) is 9.97 Å². The number of nitrogens with one attached hydrogen (secondary N) is 2. The molecular formula is C17H21N7O. The molecule has 0 amide bonds. The molecule has 1 saturated carbocycles. The highest BCUT2D eigenvalue weighted by atomic mass is 16.3. The van der Waals surface area contributed by atoms with Crippen molar-refractivity contribution in [3.8, 4) is 6.07 Å². The molecule has 1 fully saturated rings.